The molecule has 0 aliphatic carbocycles. The number of hydrogen-bond acceptors (Lipinski definition) is 3. The van der Waals surface area contributed by atoms with E-state index < -0.39 is 12.4 Å². The molecule has 0 saturated heterocycles. The van der Waals surface area contributed by atoms with E-state index in [2.05, 4.69) is 20.7 Å². The van der Waals surface area contributed by atoms with Crippen molar-refractivity contribution in [3.8, 4) is 5.75 Å². The fourth-order valence-corrected chi connectivity index (χ4v) is 3.05. The van der Waals surface area contributed by atoms with Gasteiger partial charge in [-0.1, -0.05) is 18.2 Å². The third-order valence-electron chi connectivity index (χ3n) is 2.38. The van der Waals surface area contributed by atoms with Crippen LogP contribution < -0.4 is 10.5 Å². The van der Waals surface area contributed by atoms with Crippen LogP contribution in [0.4, 0.5) is 13.2 Å². The van der Waals surface area contributed by atoms with Gasteiger partial charge in [0.1, 0.15) is 5.75 Å². The van der Waals surface area contributed by atoms with Gasteiger partial charge in [0.05, 0.1) is 9.83 Å². The maximum absolute atomic E-state index is 12.3. The minimum absolute atomic E-state index is 0.271. The van der Waals surface area contributed by atoms with Crippen molar-refractivity contribution in [1.29, 1.82) is 0 Å². The van der Waals surface area contributed by atoms with Crippen molar-refractivity contribution in [3.63, 3.8) is 0 Å². The fraction of sp³-hybridized carbons (Fsp3) is 0.167. The zero-order chi connectivity index (χ0) is 14.0. The first-order valence-electron chi connectivity index (χ1n) is 5.22. The van der Waals surface area contributed by atoms with E-state index in [1.807, 2.05) is 0 Å². The Hall–Kier alpha value is -1.05. The average molecular weight is 352 g/mol. The summed E-state index contributed by atoms with van der Waals surface area (Å²) < 4.78 is 41.8. The van der Waals surface area contributed by atoms with E-state index in [1.54, 1.807) is 18.2 Å². The Morgan fingerprint density at radius 1 is 1.16 bits per heavy atom. The van der Waals surface area contributed by atoms with E-state index in [1.165, 1.54) is 29.5 Å². The van der Waals surface area contributed by atoms with E-state index in [4.69, 9.17) is 5.73 Å². The van der Waals surface area contributed by atoms with E-state index >= 15 is 0 Å². The molecule has 0 amide bonds. The molecule has 0 spiro atoms. The first-order valence-corrected chi connectivity index (χ1v) is 6.83. The van der Waals surface area contributed by atoms with Gasteiger partial charge in [0.15, 0.2) is 0 Å². The highest BCUT2D eigenvalue weighted by Gasteiger charge is 2.32. The summed E-state index contributed by atoms with van der Waals surface area (Å²) in [5.74, 6) is -0.271. The Labute approximate surface area is 120 Å². The minimum atomic E-state index is -4.73. The molecular formula is C12H9BrF3NOS. The molecule has 1 heterocycles. The standard InChI is InChI=1S/C12H9BrF3NOS/c13-10-6-5-9(19-10)11(17)7-3-1-2-4-8(7)18-12(14,15)16/h1-6,11H,17H2. The smallest absolute Gasteiger partial charge is 0.405 e. The van der Waals surface area contributed by atoms with Crippen molar-refractivity contribution < 1.29 is 17.9 Å². The number of para-hydroxylation sites is 1. The predicted molar refractivity (Wildman–Crippen MR) is 71.2 cm³/mol. The van der Waals surface area contributed by atoms with Gasteiger partial charge in [0.2, 0.25) is 0 Å². The average Bonchev–Trinajstić information content (AvgIpc) is 2.74. The Morgan fingerprint density at radius 3 is 2.42 bits per heavy atom. The molecule has 1 unspecified atom stereocenters. The number of alkyl halides is 3. The first kappa shape index (κ1) is 14.4. The molecule has 0 fully saturated rings. The summed E-state index contributed by atoms with van der Waals surface area (Å²) in [5, 5.41) is 0. The highest BCUT2D eigenvalue weighted by molar-refractivity contribution is 9.11. The third-order valence-corrected chi connectivity index (χ3v) is 4.09. The number of thiophene rings is 1. The lowest BCUT2D eigenvalue weighted by Crippen LogP contribution is -2.20. The van der Waals surface area contributed by atoms with Crippen molar-refractivity contribution in [2.45, 2.75) is 12.4 Å². The van der Waals surface area contributed by atoms with Gasteiger partial charge in [-0.15, -0.1) is 24.5 Å². The quantitative estimate of drug-likeness (QED) is 0.885. The molecule has 1 atom stereocenters. The lowest BCUT2D eigenvalue weighted by molar-refractivity contribution is -0.274. The molecular weight excluding hydrogens is 343 g/mol. The largest absolute Gasteiger partial charge is 0.573 e. The summed E-state index contributed by atoms with van der Waals surface area (Å²) in [4.78, 5) is 0.755. The molecule has 2 aromatic rings. The van der Waals surface area contributed by atoms with E-state index in [0.29, 0.717) is 5.56 Å². The number of halogens is 4. The molecule has 2 nitrogen and oxygen atoms in total. The molecule has 0 bridgehead atoms. The lowest BCUT2D eigenvalue weighted by atomic mass is 10.1. The van der Waals surface area contributed by atoms with Gasteiger partial charge in [0, 0.05) is 10.4 Å². The molecule has 0 aliphatic rings. The molecule has 1 aromatic carbocycles. The third kappa shape index (κ3) is 3.71. The van der Waals surface area contributed by atoms with Crippen LogP contribution in [-0.2, 0) is 0 Å². The summed E-state index contributed by atoms with van der Waals surface area (Å²) in [6.07, 6.45) is -4.73. The van der Waals surface area contributed by atoms with Crippen LogP contribution >= 0.6 is 27.3 Å². The number of benzene rings is 1. The number of ether oxygens (including phenoxy) is 1. The van der Waals surface area contributed by atoms with Crippen LogP contribution in [-0.4, -0.2) is 6.36 Å². The second-order valence-corrected chi connectivity index (χ2v) is 6.20. The van der Waals surface area contributed by atoms with Crippen molar-refractivity contribution >= 4 is 27.3 Å². The van der Waals surface area contributed by atoms with Crippen LogP contribution in [0.3, 0.4) is 0 Å². The molecule has 102 valence electrons. The maximum Gasteiger partial charge on any atom is 0.573 e. The van der Waals surface area contributed by atoms with Gasteiger partial charge in [-0.25, -0.2) is 0 Å². The Balaban J connectivity index is 2.34. The maximum atomic E-state index is 12.3. The van der Waals surface area contributed by atoms with Gasteiger partial charge in [-0.05, 0) is 34.1 Å². The summed E-state index contributed by atoms with van der Waals surface area (Å²) in [7, 11) is 0. The monoisotopic (exact) mass is 351 g/mol. The fourth-order valence-electron chi connectivity index (χ4n) is 1.60. The number of nitrogens with two attached hydrogens (primary N) is 1. The van der Waals surface area contributed by atoms with Crippen LogP contribution in [0.1, 0.15) is 16.5 Å². The molecule has 0 radical (unpaired) electrons. The Bertz CT molecular complexity index is 570. The van der Waals surface area contributed by atoms with Crippen molar-refractivity contribution in [3.05, 3.63) is 50.6 Å². The second-order valence-electron chi connectivity index (χ2n) is 3.71. The molecule has 19 heavy (non-hydrogen) atoms. The molecule has 2 N–H and O–H groups in total. The highest BCUT2D eigenvalue weighted by Crippen LogP contribution is 2.35. The van der Waals surface area contributed by atoms with Crippen LogP contribution in [0.5, 0.6) is 5.75 Å². The summed E-state index contributed by atoms with van der Waals surface area (Å²) in [6.45, 7) is 0. The predicted octanol–water partition coefficient (Wildman–Crippen LogP) is 4.46. The molecule has 7 heteroatoms. The summed E-state index contributed by atoms with van der Waals surface area (Å²) in [5.41, 5.74) is 6.29. The van der Waals surface area contributed by atoms with Crippen molar-refractivity contribution in [2.75, 3.05) is 0 Å². The summed E-state index contributed by atoms with van der Waals surface area (Å²) >= 11 is 4.66. The van der Waals surface area contributed by atoms with Gasteiger partial charge >= 0.3 is 6.36 Å². The second kappa shape index (κ2) is 5.52. The van der Waals surface area contributed by atoms with Gasteiger partial charge in [-0.3, -0.25) is 0 Å². The zero-order valence-corrected chi connectivity index (χ0v) is 11.8. The Morgan fingerprint density at radius 2 is 1.84 bits per heavy atom. The van der Waals surface area contributed by atoms with Gasteiger partial charge < -0.3 is 10.5 Å². The van der Waals surface area contributed by atoms with Gasteiger partial charge in [-0.2, -0.15) is 0 Å². The van der Waals surface area contributed by atoms with Crippen LogP contribution in [0.25, 0.3) is 0 Å². The highest BCUT2D eigenvalue weighted by atomic mass is 79.9. The molecule has 1 aromatic heterocycles. The molecule has 0 aliphatic heterocycles. The Kier molecular flexibility index (Phi) is 4.17. The SMILES string of the molecule is NC(c1ccc(Br)s1)c1ccccc1OC(F)(F)F. The van der Waals surface area contributed by atoms with Crippen molar-refractivity contribution in [1.82, 2.24) is 0 Å². The van der Waals surface area contributed by atoms with Crippen LogP contribution in [0.15, 0.2) is 40.2 Å². The summed E-state index contributed by atoms with van der Waals surface area (Å²) in [6, 6.07) is 8.79. The van der Waals surface area contributed by atoms with E-state index in [9.17, 15) is 13.2 Å². The number of hydrogen-bond donors (Lipinski definition) is 1. The number of rotatable bonds is 3. The molecule has 0 saturated carbocycles. The zero-order valence-electron chi connectivity index (χ0n) is 9.45. The van der Waals surface area contributed by atoms with Crippen LogP contribution in [0, 0.1) is 0 Å². The van der Waals surface area contributed by atoms with Gasteiger partial charge in [0.25, 0.3) is 0 Å². The van der Waals surface area contributed by atoms with Crippen LogP contribution in [0.2, 0.25) is 0 Å². The normalized spacial score (nSPS) is 13.3. The van der Waals surface area contributed by atoms with E-state index in [0.717, 1.165) is 8.66 Å². The first-order chi connectivity index (χ1) is 8.87. The van der Waals surface area contributed by atoms with Crippen molar-refractivity contribution in [2.24, 2.45) is 5.73 Å². The molecule has 2 rings (SSSR count). The van der Waals surface area contributed by atoms with E-state index in [-0.39, 0.29) is 5.75 Å². The topological polar surface area (TPSA) is 35.2 Å². The minimum Gasteiger partial charge on any atom is -0.405 e. The lowest BCUT2D eigenvalue weighted by Gasteiger charge is -2.16.